The molecule has 0 aliphatic heterocycles. The van der Waals surface area contributed by atoms with E-state index in [1.165, 1.54) is 12.1 Å². The lowest BCUT2D eigenvalue weighted by Gasteiger charge is -2.27. The summed E-state index contributed by atoms with van der Waals surface area (Å²) in [6, 6.07) is 3.91. The van der Waals surface area contributed by atoms with Gasteiger partial charge in [0.25, 0.3) is 0 Å². The largest absolute Gasteiger partial charge is 0.508 e. The molecule has 0 spiro atoms. The summed E-state index contributed by atoms with van der Waals surface area (Å²) in [6.45, 7) is 0. The van der Waals surface area contributed by atoms with Gasteiger partial charge in [-0.3, -0.25) is 4.79 Å². The van der Waals surface area contributed by atoms with E-state index in [0.717, 1.165) is 6.07 Å². The van der Waals surface area contributed by atoms with Crippen LogP contribution in [0.4, 0.5) is 13.2 Å². The molecule has 1 aliphatic rings. The van der Waals surface area contributed by atoms with Crippen molar-refractivity contribution in [1.29, 1.82) is 0 Å². The number of carbonyl (C=O) groups is 1. The number of aromatic hydroxyl groups is 1. The van der Waals surface area contributed by atoms with Crippen LogP contribution < -0.4 is 0 Å². The number of fused-ring (bicyclic) bond motifs is 1. The van der Waals surface area contributed by atoms with Crippen molar-refractivity contribution < 1.29 is 28.2 Å². The molecule has 24 heavy (non-hydrogen) atoms. The van der Waals surface area contributed by atoms with Gasteiger partial charge in [0.15, 0.2) is 5.69 Å². The Hall–Kier alpha value is -2.38. The van der Waals surface area contributed by atoms with Gasteiger partial charge in [-0.1, -0.05) is 0 Å². The number of aromatic nitrogens is 2. The average Bonchev–Trinajstić information content (AvgIpc) is 2.53. The quantitative estimate of drug-likeness (QED) is 0.871. The van der Waals surface area contributed by atoms with Crippen LogP contribution in [0.3, 0.4) is 0 Å². The Balaban J connectivity index is 2.03. The summed E-state index contributed by atoms with van der Waals surface area (Å²) >= 11 is 0. The van der Waals surface area contributed by atoms with Gasteiger partial charge >= 0.3 is 12.1 Å². The van der Waals surface area contributed by atoms with E-state index in [4.69, 9.17) is 5.11 Å². The van der Waals surface area contributed by atoms with Gasteiger partial charge in [0.1, 0.15) is 5.75 Å². The number of aliphatic carboxylic acids is 1. The predicted molar refractivity (Wildman–Crippen MR) is 78.5 cm³/mol. The molecule has 8 heteroatoms. The molecule has 1 fully saturated rings. The second-order valence-corrected chi connectivity index (χ2v) is 6.02. The van der Waals surface area contributed by atoms with Gasteiger partial charge in [-0.2, -0.15) is 13.2 Å². The topological polar surface area (TPSA) is 83.3 Å². The lowest BCUT2D eigenvalue weighted by molar-refractivity contribution is -0.144. The SMILES string of the molecule is O=C(O)[C@H]1CC[C@@H](c2nc3ccc(O)cc3nc2C(F)(F)F)CC1. The summed E-state index contributed by atoms with van der Waals surface area (Å²) in [5, 5.41) is 18.4. The first-order valence-electron chi connectivity index (χ1n) is 7.56. The Morgan fingerprint density at radius 3 is 2.33 bits per heavy atom. The Kier molecular flexibility index (Phi) is 4.06. The van der Waals surface area contributed by atoms with Crippen LogP contribution in [0.15, 0.2) is 18.2 Å². The van der Waals surface area contributed by atoms with E-state index < -0.39 is 29.7 Å². The third kappa shape index (κ3) is 3.13. The molecule has 0 amide bonds. The number of rotatable bonds is 2. The average molecular weight is 340 g/mol. The maximum Gasteiger partial charge on any atom is 0.435 e. The van der Waals surface area contributed by atoms with E-state index in [9.17, 15) is 23.1 Å². The van der Waals surface area contributed by atoms with Crippen molar-refractivity contribution in [3.05, 3.63) is 29.6 Å². The molecule has 1 heterocycles. The summed E-state index contributed by atoms with van der Waals surface area (Å²) in [5.74, 6) is -2.08. The van der Waals surface area contributed by atoms with Crippen molar-refractivity contribution in [3.8, 4) is 5.75 Å². The predicted octanol–water partition coefficient (Wildman–Crippen LogP) is 3.71. The zero-order valence-corrected chi connectivity index (χ0v) is 12.5. The van der Waals surface area contributed by atoms with Gasteiger partial charge in [0, 0.05) is 12.0 Å². The summed E-state index contributed by atoms with van der Waals surface area (Å²) in [7, 11) is 0. The molecule has 3 rings (SSSR count). The van der Waals surface area contributed by atoms with Crippen molar-refractivity contribution >= 4 is 17.0 Å². The minimum atomic E-state index is -4.66. The lowest BCUT2D eigenvalue weighted by Crippen LogP contribution is -2.23. The van der Waals surface area contributed by atoms with Crippen LogP contribution in [-0.2, 0) is 11.0 Å². The van der Waals surface area contributed by atoms with Crippen molar-refractivity contribution in [2.45, 2.75) is 37.8 Å². The number of benzene rings is 1. The molecule has 0 atom stereocenters. The zero-order valence-electron chi connectivity index (χ0n) is 12.5. The number of hydrogen-bond acceptors (Lipinski definition) is 4. The second kappa shape index (κ2) is 5.92. The van der Waals surface area contributed by atoms with Crippen molar-refractivity contribution in [2.24, 2.45) is 5.92 Å². The number of halogens is 3. The molecule has 2 aromatic rings. The Morgan fingerprint density at radius 2 is 1.75 bits per heavy atom. The monoisotopic (exact) mass is 340 g/mol. The number of alkyl halides is 3. The van der Waals surface area contributed by atoms with Gasteiger partial charge < -0.3 is 10.2 Å². The standard InChI is InChI=1S/C16H15F3N2O3/c17-16(18,19)14-13(8-1-3-9(4-2-8)15(23)24)20-11-6-5-10(22)7-12(11)21-14/h5-9,22H,1-4H2,(H,23,24)/t8-,9+. The molecule has 0 unspecified atom stereocenters. The fraction of sp³-hybridized carbons (Fsp3) is 0.438. The molecule has 1 aromatic carbocycles. The fourth-order valence-electron chi connectivity index (χ4n) is 3.16. The van der Waals surface area contributed by atoms with E-state index in [0.29, 0.717) is 25.7 Å². The van der Waals surface area contributed by atoms with Crippen molar-refractivity contribution in [2.75, 3.05) is 0 Å². The van der Waals surface area contributed by atoms with Crippen molar-refractivity contribution in [3.63, 3.8) is 0 Å². The first-order valence-corrected chi connectivity index (χ1v) is 7.56. The Bertz CT molecular complexity index is 784. The molecule has 0 saturated heterocycles. The van der Waals surface area contributed by atoms with Crippen LogP contribution >= 0.6 is 0 Å². The van der Waals surface area contributed by atoms with Gasteiger partial charge in [-0.15, -0.1) is 0 Å². The molecule has 1 saturated carbocycles. The van der Waals surface area contributed by atoms with Crippen LogP contribution in [-0.4, -0.2) is 26.2 Å². The van der Waals surface area contributed by atoms with Crippen LogP contribution in [0, 0.1) is 5.92 Å². The number of hydrogen-bond donors (Lipinski definition) is 2. The second-order valence-electron chi connectivity index (χ2n) is 6.02. The normalized spacial score (nSPS) is 21.8. The highest BCUT2D eigenvalue weighted by Crippen LogP contribution is 2.41. The highest BCUT2D eigenvalue weighted by atomic mass is 19.4. The summed E-state index contributed by atoms with van der Waals surface area (Å²) in [6.07, 6.45) is -3.35. The van der Waals surface area contributed by atoms with Gasteiger partial charge in [-0.05, 0) is 37.8 Å². The number of carboxylic acid groups (broad SMARTS) is 1. The molecule has 1 aliphatic carbocycles. The molecule has 128 valence electrons. The Morgan fingerprint density at radius 1 is 1.08 bits per heavy atom. The fourth-order valence-corrected chi connectivity index (χ4v) is 3.16. The van der Waals surface area contributed by atoms with Crippen LogP contribution in [0.1, 0.15) is 43.0 Å². The third-order valence-corrected chi connectivity index (χ3v) is 4.41. The number of carboxylic acids is 1. The van der Waals surface area contributed by atoms with Crippen molar-refractivity contribution in [1.82, 2.24) is 9.97 Å². The van der Waals surface area contributed by atoms with E-state index in [1.807, 2.05) is 0 Å². The van der Waals surface area contributed by atoms with Crippen LogP contribution in [0.5, 0.6) is 5.75 Å². The summed E-state index contributed by atoms with van der Waals surface area (Å²) in [4.78, 5) is 18.8. The smallest absolute Gasteiger partial charge is 0.435 e. The maximum absolute atomic E-state index is 13.4. The molecule has 0 radical (unpaired) electrons. The maximum atomic E-state index is 13.4. The van der Waals surface area contributed by atoms with E-state index >= 15 is 0 Å². The third-order valence-electron chi connectivity index (χ3n) is 4.41. The molecule has 5 nitrogen and oxygen atoms in total. The van der Waals surface area contributed by atoms with E-state index in [1.54, 1.807) is 0 Å². The van der Waals surface area contributed by atoms with Gasteiger partial charge in [0.2, 0.25) is 0 Å². The molecule has 2 N–H and O–H groups in total. The molecule has 1 aromatic heterocycles. The minimum absolute atomic E-state index is 0.0229. The first kappa shape index (κ1) is 16.5. The molecule has 0 bridgehead atoms. The van der Waals surface area contributed by atoms with E-state index in [2.05, 4.69) is 9.97 Å². The van der Waals surface area contributed by atoms with Gasteiger partial charge in [-0.25, -0.2) is 9.97 Å². The summed E-state index contributed by atoms with van der Waals surface area (Å²) in [5.41, 5.74) is -0.939. The van der Waals surface area contributed by atoms with E-state index in [-0.39, 0.29) is 22.5 Å². The first-order chi connectivity index (χ1) is 11.3. The van der Waals surface area contributed by atoms with Crippen LogP contribution in [0.25, 0.3) is 11.0 Å². The molecular formula is C16H15F3N2O3. The van der Waals surface area contributed by atoms with Gasteiger partial charge in [0.05, 0.1) is 22.6 Å². The number of phenols is 1. The lowest BCUT2D eigenvalue weighted by atomic mass is 9.80. The summed E-state index contributed by atoms with van der Waals surface area (Å²) < 4.78 is 40.1. The minimum Gasteiger partial charge on any atom is -0.508 e. The zero-order chi connectivity index (χ0) is 17.5. The van der Waals surface area contributed by atoms with Crippen LogP contribution in [0.2, 0.25) is 0 Å². The number of phenolic OH excluding ortho intramolecular Hbond substituents is 1. The number of nitrogens with zero attached hydrogens (tertiary/aromatic N) is 2. The highest BCUT2D eigenvalue weighted by molar-refractivity contribution is 5.76. The Labute approximate surface area is 135 Å². The highest BCUT2D eigenvalue weighted by Gasteiger charge is 2.40. The molecular weight excluding hydrogens is 325 g/mol.